The van der Waals surface area contributed by atoms with E-state index in [9.17, 15) is 9.59 Å². The minimum absolute atomic E-state index is 0.0950. The average Bonchev–Trinajstić information content (AvgIpc) is 3.00. The van der Waals surface area contributed by atoms with Crippen molar-refractivity contribution in [1.82, 2.24) is 24.9 Å². The molecule has 0 spiro atoms. The highest BCUT2D eigenvalue weighted by Crippen LogP contribution is 2.21. The second kappa shape index (κ2) is 8.64. The zero-order valence-corrected chi connectivity index (χ0v) is 15.9. The normalized spacial score (nSPS) is 22.4. The maximum absolute atomic E-state index is 12.3. The number of nitrogens with one attached hydrogen (secondary N) is 1. The highest BCUT2D eigenvalue weighted by Gasteiger charge is 2.24. The minimum Gasteiger partial charge on any atom is -0.370 e. The molecule has 0 bridgehead atoms. The Morgan fingerprint density at radius 2 is 2.08 bits per heavy atom. The third-order valence-corrected chi connectivity index (χ3v) is 5.37. The Bertz CT molecular complexity index is 676. The van der Waals surface area contributed by atoms with Crippen molar-refractivity contribution in [2.45, 2.75) is 12.8 Å². The van der Waals surface area contributed by atoms with Crippen molar-refractivity contribution in [3.63, 3.8) is 0 Å². The van der Waals surface area contributed by atoms with Gasteiger partial charge < -0.3 is 15.1 Å². The highest BCUT2D eigenvalue weighted by molar-refractivity contribution is 5.78. The van der Waals surface area contributed by atoms with Crippen LogP contribution in [0.5, 0.6) is 0 Å². The number of likely N-dealkylation sites (N-methyl/N-ethyl adjacent to an activating group) is 1. The van der Waals surface area contributed by atoms with E-state index in [4.69, 9.17) is 0 Å². The summed E-state index contributed by atoms with van der Waals surface area (Å²) in [6, 6.07) is 1.63. The van der Waals surface area contributed by atoms with Gasteiger partial charge in [0.15, 0.2) is 0 Å². The molecule has 1 N–H and O–H groups in total. The predicted octanol–water partition coefficient (Wildman–Crippen LogP) is -0.640. The van der Waals surface area contributed by atoms with Crippen molar-refractivity contribution < 1.29 is 4.79 Å². The van der Waals surface area contributed by atoms with Crippen molar-refractivity contribution in [3.8, 4) is 0 Å². The molecule has 3 heterocycles. The first-order chi connectivity index (χ1) is 12.5. The molecular weight excluding hydrogens is 332 g/mol. The highest BCUT2D eigenvalue weighted by atomic mass is 16.2. The molecule has 0 unspecified atom stereocenters. The topological polar surface area (TPSA) is 73.7 Å². The molecule has 0 aliphatic carbocycles. The summed E-state index contributed by atoms with van der Waals surface area (Å²) in [5.41, 5.74) is 0.776. The number of amides is 1. The Morgan fingerprint density at radius 1 is 1.23 bits per heavy atom. The van der Waals surface area contributed by atoms with Crippen LogP contribution in [0.4, 0.5) is 5.69 Å². The van der Waals surface area contributed by atoms with E-state index in [1.54, 1.807) is 19.3 Å². The molecule has 8 heteroatoms. The largest absolute Gasteiger partial charge is 0.370 e. The number of carbonyl (C=O) groups excluding carboxylic acids is 1. The Hall–Kier alpha value is -1.93. The molecule has 3 rings (SSSR count). The lowest BCUT2D eigenvalue weighted by Crippen LogP contribution is -2.40. The molecule has 0 radical (unpaired) electrons. The summed E-state index contributed by atoms with van der Waals surface area (Å²) >= 11 is 0. The molecule has 26 heavy (non-hydrogen) atoms. The summed E-state index contributed by atoms with van der Waals surface area (Å²) in [7, 11) is 3.78. The first kappa shape index (κ1) is 18.8. The van der Waals surface area contributed by atoms with Crippen molar-refractivity contribution in [2.24, 2.45) is 13.0 Å². The molecule has 1 amide bonds. The number of aromatic nitrogens is 2. The summed E-state index contributed by atoms with van der Waals surface area (Å²) in [5, 5.41) is 7.18. The van der Waals surface area contributed by atoms with Gasteiger partial charge in [-0.05, 0) is 38.9 Å². The maximum atomic E-state index is 12.3. The van der Waals surface area contributed by atoms with Gasteiger partial charge in [-0.2, -0.15) is 5.10 Å². The van der Waals surface area contributed by atoms with Crippen molar-refractivity contribution >= 4 is 11.6 Å². The van der Waals surface area contributed by atoms with Crippen LogP contribution in [0.2, 0.25) is 0 Å². The Balaban J connectivity index is 1.42. The third kappa shape index (κ3) is 5.04. The van der Waals surface area contributed by atoms with Gasteiger partial charge in [-0.15, -0.1) is 0 Å². The standard InChI is InChI=1S/C18H30N6O2/c1-21-5-3-6-23(9-8-21)14-17(25)19-11-15-4-7-24(13-15)16-10-18(26)22(2)20-12-16/h10,12,15H,3-9,11,13-14H2,1-2H3,(H,19,25)/t15-/m0/s1. The van der Waals surface area contributed by atoms with Crippen LogP contribution in [-0.4, -0.2) is 84.9 Å². The van der Waals surface area contributed by atoms with Gasteiger partial charge in [-0.3, -0.25) is 14.5 Å². The molecule has 144 valence electrons. The quantitative estimate of drug-likeness (QED) is 0.751. The van der Waals surface area contributed by atoms with Crippen LogP contribution in [0.25, 0.3) is 0 Å². The molecule has 0 saturated carbocycles. The lowest BCUT2D eigenvalue weighted by Gasteiger charge is -2.20. The van der Waals surface area contributed by atoms with Gasteiger partial charge in [0, 0.05) is 45.8 Å². The van der Waals surface area contributed by atoms with Crippen LogP contribution < -0.4 is 15.8 Å². The van der Waals surface area contributed by atoms with E-state index in [0.717, 1.165) is 57.8 Å². The summed E-state index contributed by atoms with van der Waals surface area (Å²) < 4.78 is 1.33. The van der Waals surface area contributed by atoms with Gasteiger partial charge in [0.1, 0.15) is 0 Å². The second-order valence-electron chi connectivity index (χ2n) is 7.51. The maximum Gasteiger partial charge on any atom is 0.268 e. The van der Waals surface area contributed by atoms with Crippen molar-refractivity contribution in [1.29, 1.82) is 0 Å². The monoisotopic (exact) mass is 362 g/mol. The van der Waals surface area contributed by atoms with Gasteiger partial charge >= 0.3 is 0 Å². The van der Waals surface area contributed by atoms with E-state index in [2.05, 4.69) is 32.2 Å². The molecule has 2 fully saturated rings. The molecule has 1 aromatic rings. The summed E-state index contributed by atoms with van der Waals surface area (Å²) in [4.78, 5) is 30.7. The van der Waals surface area contributed by atoms with Crippen LogP contribution in [0.1, 0.15) is 12.8 Å². The molecule has 8 nitrogen and oxygen atoms in total. The lowest BCUT2D eigenvalue weighted by atomic mass is 10.1. The summed E-state index contributed by atoms with van der Waals surface area (Å²) in [6.07, 6.45) is 3.87. The molecule has 1 atom stereocenters. The summed E-state index contributed by atoms with van der Waals surface area (Å²) in [6.45, 7) is 7.01. The minimum atomic E-state index is -0.0950. The van der Waals surface area contributed by atoms with E-state index in [1.165, 1.54) is 4.68 Å². The molecule has 2 saturated heterocycles. The number of hydrogen-bond acceptors (Lipinski definition) is 6. The van der Waals surface area contributed by atoms with E-state index >= 15 is 0 Å². The Kier molecular flexibility index (Phi) is 6.26. The number of anilines is 1. The molecule has 2 aliphatic heterocycles. The van der Waals surface area contributed by atoms with Crippen LogP contribution in [0.3, 0.4) is 0 Å². The van der Waals surface area contributed by atoms with Crippen LogP contribution >= 0.6 is 0 Å². The summed E-state index contributed by atoms with van der Waals surface area (Å²) in [5.74, 6) is 0.529. The Labute approximate surface area is 154 Å². The van der Waals surface area contributed by atoms with E-state index in [-0.39, 0.29) is 11.5 Å². The average molecular weight is 362 g/mol. The number of carbonyl (C=O) groups is 1. The zero-order chi connectivity index (χ0) is 18.5. The smallest absolute Gasteiger partial charge is 0.268 e. The van der Waals surface area contributed by atoms with Gasteiger partial charge in [0.05, 0.1) is 18.4 Å². The fourth-order valence-electron chi connectivity index (χ4n) is 3.64. The number of aryl methyl sites for hydroxylation is 1. The SMILES string of the molecule is CN1CCCN(CC(=O)NC[C@@H]2CCN(c3cnn(C)c(=O)c3)C2)CC1. The Morgan fingerprint density at radius 3 is 2.88 bits per heavy atom. The predicted molar refractivity (Wildman–Crippen MR) is 101 cm³/mol. The first-order valence-electron chi connectivity index (χ1n) is 9.47. The van der Waals surface area contributed by atoms with Crippen LogP contribution in [0, 0.1) is 5.92 Å². The van der Waals surface area contributed by atoms with Gasteiger partial charge in [-0.1, -0.05) is 0 Å². The van der Waals surface area contributed by atoms with E-state index in [0.29, 0.717) is 19.0 Å². The van der Waals surface area contributed by atoms with E-state index < -0.39 is 0 Å². The third-order valence-electron chi connectivity index (χ3n) is 5.37. The fourth-order valence-corrected chi connectivity index (χ4v) is 3.64. The molecule has 0 aromatic carbocycles. The number of rotatable bonds is 5. The van der Waals surface area contributed by atoms with Crippen molar-refractivity contribution in [3.05, 3.63) is 22.6 Å². The number of nitrogens with zero attached hydrogens (tertiary/aromatic N) is 5. The van der Waals surface area contributed by atoms with Crippen LogP contribution in [0.15, 0.2) is 17.1 Å². The fraction of sp³-hybridized carbons (Fsp3) is 0.722. The van der Waals surface area contributed by atoms with Gasteiger partial charge in [0.2, 0.25) is 5.91 Å². The van der Waals surface area contributed by atoms with Crippen molar-refractivity contribution in [2.75, 3.05) is 64.3 Å². The molecule has 1 aromatic heterocycles. The molecule has 2 aliphatic rings. The second-order valence-corrected chi connectivity index (χ2v) is 7.51. The van der Waals surface area contributed by atoms with Crippen LogP contribution in [-0.2, 0) is 11.8 Å². The van der Waals surface area contributed by atoms with Gasteiger partial charge in [0.25, 0.3) is 5.56 Å². The lowest BCUT2D eigenvalue weighted by molar-refractivity contribution is -0.122. The zero-order valence-electron chi connectivity index (χ0n) is 15.9. The van der Waals surface area contributed by atoms with Gasteiger partial charge in [-0.25, -0.2) is 4.68 Å². The van der Waals surface area contributed by atoms with E-state index in [1.807, 2.05) is 0 Å². The molecular formula is C18H30N6O2. The first-order valence-corrected chi connectivity index (χ1v) is 9.47. The number of hydrogen-bond donors (Lipinski definition) is 1.